The minimum atomic E-state index is -3.66. The summed E-state index contributed by atoms with van der Waals surface area (Å²) >= 11 is 0. The van der Waals surface area contributed by atoms with E-state index in [1.165, 1.54) is 12.1 Å². The molecule has 0 atom stereocenters. The molecule has 0 aliphatic carbocycles. The van der Waals surface area contributed by atoms with Crippen LogP contribution in [0.25, 0.3) is 0 Å². The zero-order chi connectivity index (χ0) is 13.2. The highest BCUT2D eigenvalue weighted by Crippen LogP contribution is 2.15. The molecule has 2 aromatic rings. The molecule has 1 aromatic carbocycles. The van der Waals surface area contributed by atoms with Crippen LogP contribution >= 0.6 is 0 Å². The Morgan fingerprint density at radius 3 is 2.83 bits per heavy atom. The summed E-state index contributed by atoms with van der Waals surface area (Å²) in [6, 6.07) is 6.39. The van der Waals surface area contributed by atoms with Crippen LogP contribution < -0.4 is 10.5 Å². The molecule has 6 nitrogen and oxygen atoms in total. The van der Waals surface area contributed by atoms with Crippen molar-refractivity contribution >= 4 is 15.7 Å². The molecule has 0 saturated heterocycles. The highest BCUT2D eigenvalue weighted by atomic mass is 32.2. The molecule has 4 N–H and O–H groups in total. The SMILES string of the molecule is Cc1[nH]ncc1CNc1cccc(S(N)(=O)=O)c1. The Balaban J connectivity index is 2.13. The first-order valence-electron chi connectivity index (χ1n) is 5.32. The van der Waals surface area contributed by atoms with Crippen LogP contribution in [0.3, 0.4) is 0 Å². The number of hydrogen-bond acceptors (Lipinski definition) is 4. The zero-order valence-corrected chi connectivity index (χ0v) is 10.7. The third kappa shape index (κ3) is 2.88. The molecule has 0 unspecified atom stereocenters. The molecular weight excluding hydrogens is 252 g/mol. The Bertz CT molecular complexity index is 649. The lowest BCUT2D eigenvalue weighted by molar-refractivity contribution is 0.598. The maximum absolute atomic E-state index is 11.2. The van der Waals surface area contributed by atoms with Crippen LogP contribution in [-0.4, -0.2) is 18.6 Å². The molecule has 1 heterocycles. The zero-order valence-electron chi connectivity index (χ0n) is 9.84. The number of anilines is 1. The first-order valence-corrected chi connectivity index (χ1v) is 6.87. The largest absolute Gasteiger partial charge is 0.381 e. The van der Waals surface area contributed by atoms with Crippen molar-refractivity contribution in [3.8, 4) is 0 Å². The second kappa shape index (κ2) is 4.79. The third-order valence-corrected chi connectivity index (χ3v) is 3.49. The van der Waals surface area contributed by atoms with Gasteiger partial charge in [-0.1, -0.05) is 6.07 Å². The smallest absolute Gasteiger partial charge is 0.238 e. The molecule has 0 radical (unpaired) electrons. The number of nitrogens with one attached hydrogen (secondary N) is 2. The van der Waals surface area contributed by atoms with Gasteiger partial charge >= 0.3 is 0 Å². The maximum Gasteiger partial charge on any atom is 0.238 e. The van der Waals surface area contributed by atoms with Crippen LogP contribution in [0.1, 0.15) is 11.3 Å². The lowest BCUT2D eigenvalue weighted by Crippen LogP contribution is -2.12. The summed E-state index contributed by atoms with van der Waals surface area (Å²) < 4.78 is 22.4. The normalized spacial score (nSPS) is 11.4. The number of sulfonamides is 1. The predicted octanol–water partition coefficient (Wildman–Crippen LogP) is 0.978. The Hall–Kier alpha value is -1.86. The standard InChI is InChI=1S/C11H14N4O2S/c1-8-9(7-14-15-8)6-13-10-3-2-4-11(5-10)18(12,16)17/h2-5,7,13H,6H2,1H3,(H,14,15)(H2,12,16,17). The third-order valence-electron chi connectivity index (χ3n) is 2.58. The number of nitrogens with two attached hydrogens (primary N) is 1. The molecule has 0 spiro atoms. The average molecular weight is 266 g/mol. The fourth-order valence-corrected chi connectivity index (χ4v) is 2.09. The molecule has 0 aliphatic rings. The van der Waals surface area contributed by atoms with Crippen LogP contribution in [0.15, 0.2) is 35.4 Å². The molecule has 0 aliphatic heterocycles. The number of benzene rings is 1. The fourth-order valence-electron chi connectivity index (χ4n) is 1.53. The summed E-state index contributed by atoms with van der Waals surface area (Å²) in [4.78, 5) is 0.0939. The first-order chi connectivity index (χ1) is 8.47. The highest BCUT2D eigenvalue weighted by molar-refractivity contribution is 7.89. The second-order valence-corrected chi connectivity index (χ2v) is 5.51. The van der Waals surface area contributed by atoms with Crippen molar-refractivity contribution < 1.29 is 8.42 Å². The quantitative estimate of drug-likeness (QED) is 0.767. The van der Waals surface area contributed by atoms with Gasteiger partial charge in [-0.2, -0.15) is 5.10 Å². The number of H-pyrrole nitrogens is 1. The number of primary sulfonamides is 1. The van der Waals surface area contributed by atoms with Gasteiger partial charge in [0.25, 0.3) is 0 Å². The predicted molar refractivity (Wildman–Crippen MR) is 68.5 cm³/mol. The van der Waals surface area contributed by atoms with Gasteiger partial charge in [0, 0.05) is 23.5 Å². The van der Waals surface area contributed by atoms with Gasteiger partial charge in [-0.15, -0.1) is 0 Å². The van der Waals surface area contributed by atoms with Crippen molar-refractivity contribution in [2.75, 3.05) is 5.32 Å². The lowest BCUT2D eigenvalue weighted by Gasteiger charge is -2.07. The number of hydrogen-bond donors (Lipinski definition) is 3. The van der Waals surface area contributed by atoms with E-state index in [-0.39, 0.29) is 4.90 Å². The van der Waals surface area contributed by atoms with Gasteiger partial charge in [0.2, 0.25) is 10.0 Å². The van der Waals surface area contributed by atoms with E-state index < -0.39 is 10.0 Å². The molecule has 2 rings (SSSR count). The van der Waals surface area contributed by atoms with Gasteiger partial charge in [0.1, 0.15) is 0 Å². The topological polar surface area (TPSA) is 101 Å². The van der Waals surface area contributed by atoms with E-state index in [9.17, 15) is 8.42 Å². The van der Waals surface area contributed by atoms with E-state index in [1.807, 2.05) is 6.92 Å². The van der Waals surface area contributed by atoms with E-state index in [0.717, 1.165) is 11.3 Å². The number of nitrogens with zero attached hydrogens (tertiary/aromatic N) is 1. The summed E-state index contributed by atoms with van der Waals surface area (Å²) in [5.41, 5.74) is 2.70. The summed E-state index contributed by atoms with van der Waals surface area (Å²) in [6.07, 6.45) is 1.73. The Labute approximate surface area is 105 Å². The summed E-state index contributed by atoms with van der Waals surface area (Å²) in [5, 5.41) is 14.9. The van der Waals surface area contributed by atoms with Gasteiger partial charge in [-0.25, -0.2) is 13.6 Å². The van der Waals surface area contributed by atoms with E-state index in [4.69, 9.17) is 5.14 Å². The molecule has 0 amide bonds. The summed E-state index contributed by atoms with van der Waals surface area (Å²) in [6.45, 7) is 2.49. The van der Waals surface area contributed by atoms with Crippen molar-refractivity contribution in [2.24, 2.45) is 5.14 Å². The van der Waals surface area contributed by atoms with Gasteiger partial charge < -0.3 is 5.32 Å². The van der Waals surface area contributed by atoms with Gasteiger partial charge in [0.05, 0.1) is 11.1 Å². The molecule has 7 heteroatoms. The summed E-state index contributed by atoms with van der Waals surface area (Å²) in [7, 11) is -3.66. The number of rotatable bonds is 4. The monoisotopic (exact) mass is 266 g/mol. The van der Waals surface area contributed by atoms with Crippen LogP contribution in [0.5, 0.6) is 0 Å². The van der Waals surface area contributed by atoms with Crippen molar-refractivity contribution in [3.05, 3.63) is 41.7 Å². The van der Waals surface area contributed by atoms with Gasteiger partial charge in [-0.3, -0.25) is 5.10 Å². The van der Waals surface area contributed by atoms with Gasteiger partial charge in [0.15, 0.2) is 0 Å². The van der Waals surface area contributed by atoms with Crippen molar-refractivity contribution in [2.45, 2.75) is 18.4 Å². The van der Waals surface area contributed by atoms with E-state index in [1.54, 1.807) is 18.3 Å². The number of aryl methyl sites for hydroxylation is 1. The maximum atomic E-state index is 11.2. The van der Waals surface area contributed by atoms with Crippen molar-refractivity contribution in [3.63, 3.8) is 0 Å². The molecule has 0 saturated carbocycles. The number of aromatic nitrogens is 2. The van der Waals surface area contributed by atoms with E-state index >= 15 is 0 Å². The average Bonchev–Trinajstić information content (AvgIpc) is 2.72. The van der Waals surface area contributed by atoms with Crippen LogP contribution in [0, 0.1) is 6.92 Å². The first kappa shape index (κ1) is 12.6. The van der Waals surface area contributed by atoms with Crippen LogP contribution in [0.2, 0.25) is 0 Å². The molecule has 0 fully saturated rings. The fraction of sp³-hybridized carbons (Fsp3) is 0.182. The number of aromatic amines is 1. The van der Waals surface area contributed by atoms with Crippen LogP contribution in [0.4, 0.5) is 5.69 Å². The minimum absolute atomic E-state index is 0.0939. The molecule has 0 bridgehead atoms. The van der Waals surface area contributed by atoms with Crippen molar-refractivity contribution in [1.82, 2.24) is 10.2 Å². The molecule has 96 valence electrons. The minimum Gasteiger partial charge on any atom is -0.381 e. The molecular formula is C11H14N4O2S. The van der Waals surface area contributed by atoms with Crippen molar-refractivity contribution in [1.29, 1.82) is 0 Å². The Kier molecular flexibility index (Phi) is 3.35. The van der Waals surface area contributed by atoms with E-state index in [0.29, 0.717) is 12.2 Å². The molecule has 18 heavy (non-hydrogen) atoms. The Morgan fingerprint density at radius 2 is 2.22 bits per heavy atom. The van der Waals surface area contributed by atoms with E-state index in [2.05, 4.69) is 15.5 Å². The van der Waals surface area contributed by atoms with Gasteiger partial charge in [-0.05, 0) is 25.1 Å². The summed E-state index contributed by atoms with van der Waals surface area (Å²) in [5.74, 6) is 0. The second-order valence-electron chi connectivity index (χ2n) is 3.95. The Morgan fingerprint density at radius 1 is 1.44 bits per heavy atom. The highest BCUT2D eigenvalue weighted by Gasteiger charge is 2.08. The lowest BCUT2D eigenvalue weighted by atomic mass is 10.2. The molecule has 1 aromatic heterocycles. The van der Waals surface area contributed by atoms with Crippen LogP contribution in [-0.2, 0) is 16.6 Å².